The van der Waals surface area contributed by atoms with E-state index < -0.39 is 0 Å². The number of fused-ring (bicyclic) bond motifs is 1. The lowest BCUT2D eigenvalue weighted by Gasteiger charge is -2.17. The summed E-state index contributed by atoms with van der Waals surface area (Å²) in [4.78, 5) is 17.9. The number of hydrogen-bond acceptors (Lipinski definition) is 4. The molecule has 0 radical (unpaired) electrons. The molecule has 0 unspecified atom stereocenters. The minimum atomic E-state index is 0.0612. The van der Waals surface area contributed by atoms with Crippen LogP contribution in [0.15, 0.2) is 23.2 Å². The summed E-state index contributed by atoms with van der Waals surface area (Å²) < 4.78 is 8.67. The minimum absolute atomic E-state index is 0.0612. The molecule has 0 N–H and O–H groups in total. The van der Waals surface area contributed by atoms with Gasteiger partial charge in [0.05, 0.1) is 17.3 Å². The van der Waals surface area contributed by atoms with Crippen molar-refractivity contribution in [2.75, 3.05) is 19.1 Å². The van der Waals surface area contributed by atoms with Crippen LogP contribution in [-0.4, -0.2) is 29.6 Å². The molecule has 0 spiro atoms. The van der Waals surface area contributed by atoms with E-state index in [0.29, 0.717) is 0 Å². The van der Waals surface area contributed by atoms with Crippen LogP contribution >= 0.6 is 23.1 Å². The van der Waals surface area contributed by atoms with Gasteiger partial charge in [-0.05, 0) is 31.2 Å². The Morgan fingerprint density at radius 3 is 2.88 bits per heavy atom. The number of carbonyl (C=O) groups excluding carboxylic acids is 1. The van der Waals surface area contributed by atoms with Crippen LogP contribution in [0.2, 0.25) is 0 Å². The molecule has 6 heteroatoms. The summed E-state index contributed by atoms with van der Waals surface area (Å²) in [7, 11) is 1.68. The fourth-order valence-electron chi connectivity index (χ4n) is 3.19. The first-order chi connectivity index (χ1) is 11.7. The SMILES string of the molecule is COc1ccc2sc(=NC(=O)C3CCCCC3)n(CCSC)c2c1. The van der Waals surface area contributed by atoms with Gasteiger partial charge in [-0.1, -0.05) is 30.6 Å². The molecule has 1 saturated carbocycles. The first-order valence-electron chi connectivity index (χ1n) is 8.48. The molecule has 1 amide bonds. The van der Waals surface area contributed by atoms with E-state index in [0.717, 1.165) is 58.7 Å². The molecule has 0 aliphatic heterocycles. The van der Waals surface area contributed by atoms with Gasteiger partial charge in [-0.2, -0.15) is 16.8 Å². The Hall–Kier alpha value is -1.27. The largest absolute Gasteiger partial charge is 0.497 e. The predicted molar refractivity (Wildman–Crippen MR) is 102 cm³/mol. The Morgan fingerprint density at radius 2 is 2.17 bits per heavy atom. The first kappa shape index (κ1) is 17.5. The van der Waals surface area contributed by atoms with Crippen molar-refractivity contribution in [3.63, 3.8) is 0 Å². The van der Waals surface area contributed by atoms with Crippen molar-refractivity contribution in [3.05, 3.63) is 23.0 Å². The molecule has 1 fully saturated rings. The number of amides is 1. The molecule has 1 aromatic carbocycles. The van der Waals surface area contributed by atoms with Crippen LogP contribution in [0, 0.1) is 5.92 Å². The van der Waals surface area contributed by atoms with Crippen LogP contribution in [0.25, 0.3) is 10.2 Å². The number of ether oxygens (including phenoxy) is 1. The summed E-state index contributed by atoms with van der Waals surface area (Å²) in [5.74, 6) is 2.01. The molecule has 2 aromatic rings. The minimum Gasteiger partial charge on any atom is -0.497 e. The topological polar surface area (TPSA) is 43.6 Å². The van der Waals surface area contributed by atoms with Crippen molar-refractivity contribution in [1.82, 2.24) is 4.57 Å². The van der Waals surface area contributed by atoms with Crippen molar-refractivity contribution in [1.29, 1.82) is 0 Å². The van der Waals surface area contributed by atoms with E-state index in [1.165, 1.54) is 6.42 Å². The number of nitrogens with zero attached hydrogens (tertiary/aromatic N) is 2. The molecule has 1 aromatic heterocycles. The van der Waals surface area contributed by atoms with E-state index in [9.17, 15) is 4.79 Å². The quantitative estimate of drug-likeness (QED) is 0.803. The zero-order chi connectivity index (χ0) is 16.9. The van der Waals surface area contributed by atoms with Crippen molar-refractivity contribution in [2.24, 2.45) is 10.9 Å². The van der Waals surface area contributed by atoms with Crippen molar-refractivity contribution < 1.29 is 9.53 Å². The average Bonchev–Trinajstić information content (AvgIpc) is 2.96. The molecule has 0 bridgehead atoms. The number of thiazole rings is 1. The van der Waals surface area contributed by atoms with Gasteiger partial charge < -0.3 is 9.30 Å². The van der Waals surface area contributed by atoms with Gasteiger partial charge in [0, 0.05) is 24.3 Å². The number of aromatic nitrogens is 1. The van der Waals surface area contributed by atoms with Gasteiger partial charge in [-0.15, -0.1) is 0 Å². The molecule has 1 aliphatic rings. The first-order valence-corrected chi connectivity index (χ1v) is 10.7. The van der Waals surface area contributed by atoms with E-state index in [4.69, 9.17) is 4.74 Å². The van der Waals surface area contributed by atoms with E-state index in [1.807, 2.05) is 12.1 Å². The van der Waals surface area contributed by atoms with E-state index in [-0.39, 0.29) is 11.8 Å². The van der Waals surface area contributed by atoms with Gasteiger partial charge in [0.1, 0.15) is 5.75 Å². The monoisotopic (exact) mass is 364 g/mol. The number of thioether (sulfide) groups is 1. The maximum Gasteiger partial charge on any atom is 0.251 e. The summed E-state index contributed by atoms with van der Waals surface area (Å²) >= 11 is 3.40. The normalized spacial score (nSPS) is 16.7. The number of hydrogen-bond donors (Lipinski definition) is 0. The summed E-state index contributed by atoms with van der Waals surface area (Å²) in [6.07, 6.45) is 7.64. The van der Waals surface area contributed by atoms with E-state index in [1.54, 1.807) is 30.2 Å². The molecule has 0 atom stereocenters. The third-order valence-corrected chi connectivity index (χ3v) is 6.22. The Morgan fingerprint density at radius 1 is 1.38 bits per heavy atom. The lowest BCUT2D eigenvalue weighted by atomic mass is 9.89. The summed E-state index contributed by atoms with van der Waals surface area (Å²) in [5, 5.41) is 0. The molecule has 130 valence electrons. The lowest BCUT2D eigenvalue weighted by Crippen LogP contribution is -2.22. The van der Waals surface area contributed by atoms with Gasteiger partial charge in [0.25, 0.3) is 5.91 Å². The molecule has 1 aliphatic carbocycles. The highest BCUT2D eigenvalue weighted by Gasteiger charge is 2.21. The maximum absolute atomic E-state index is 12.6. The second-order valence-electron chi connectivity index (χ2n) is 6.15. The van der Waals surface area contributed by atoms with Crippen molar-refractivity contribution >= 4 is 39.2 Å². The van der Waals surface area contributed by atoms with Crippen LogP contribution in [0.5, 0.6) is 5.75 Å². The van der Waals surface area contributed by atoms with Crippen LogP contribution in [0.4, 0.5) is 0 Å². The van der Waals surface area contributed by atoms with Crippen LogP contribution in [-0.2, 0) is 11.3 Å². The second-order valence-corrected chi connectivity index (χ2v) is 8.14. The predicted octanol–water partition coefficient (Wildman–Crippen LogP) is 4.08. The summed E-state index contributed by atoms with van der Waals surface area (Å²) in [6.45, 7) is 0.852. The van der Waals surface area contributed by atoms with Crippen LogP contribution in [0.1, 0.15) is 32.1 Å². The Kier molecular flexibility index (Phi) is 6.00. The Labute approximate surface area is 150 Å². The van der Waals surface area contributed by atoms with Gasteiger partial charge in [-0.3, -0.25) is 4.79 Å². The molecule has 3 rings (SSSR count). The molecule has 24 heavy (non-hydrogen) atoms. The van der Waals surface area contributed by atoms with Gasteiger partial charge in [0.2, 0.25) is 0 Å². The molecule has 1 heterocycles. The second kappa shape index (κ2) is 8.21. The zero-order valence-electron chi connectivity index (χ0n) is 14.3. The van der Waals surface area contributed by atoms with Gasteiger partial charge >= 0.3 is 0 Å². The number of aryl methyl sites for hydroxylation is 1. The Balaban J connectivity index is 2.01. The highest BCUT2D eigenvalue weighted by molar-refractivity contribution is 7.98. The standard InChI is InChI=1S/C18H24N2O2S2/c1-22-14-8-9-16-15(12-14)20(10-11-23-2)18(24-16)19-17(21)13-6-4-3-5-7-13/h8-9,12-13H,3-7,10-11H2,1-2H3. The smallest absolute Gasteiger partial charge is 0.251 e. The third-order valence-electron chi connectivity index (χ3n) is 4.57. The van der Waals surface area contributed by atoms with E-state index >= 15 is 0 Å². The number of methoxy groups -OCH3 is 1. The summed E-state index contributed by atoms with van der Waals surface area (Å²) in [6, 6.07) is 6.05. The fraction of sp³-hybridized carbons (Fsp3) is 0.556. The van der Waals surface area contributed by atoms with Crippen LogP contribution < -0.4 is 9.54 Å². The third kappa shape index (κ3) is 3.86. The summed E-state index contributed by atoms with van der Waals surface area (Å²) in [5.41, 5.74) is 1.10. The molecule has 0 saturated heterocycles. The highest BCUT2D eigenvalue weighted by Crippen LogP contribution is 2.26. The average molecular weight is 365 g/mol. The number of rotatable bonds is 5. The zero-order valence-corrected chi connectivity index (χ0v) is 15.9. The number of carbonyl (C=O) groups is 1. The molecular formula is C18H24N2O2S2. The fourth-order valence-corrected chi connectivity index (χ4v) is 4.60. The van der Waals surface area contributed by atoms with E-state index in [2.05, 4.69) is 21.9 Å². The number of benzene rings is 1. The van der Waals surface area contributed by atoms with Crippen molar-refractivity contribution in [3.8, 4) is 5.75 Å². The Bertz CT molecular complexity index is 773. The lowest BCUT2D eigenvalue weighted by molar-refractivity contribution is -0.122. The molecule has 4 nitrogen and oxygen atoms in total. The van der Waals surface area contributed by atoms with Crippen LogP contribution in [0.3, 0.4) is 0 Å². The van der Waals surface area contributed by atoms with Crippen molar-refractivity contribution in [2.45, 2.75) is 38.6 Å². The molecular weight excluding hydrogens is 340 g/mol. The van der Waals surface area contributed by atoms with Gasteiger partial charge in [-0.25, -0.2) is 0 Å². The maximum atomic E-state index is 12.6. The van der Waals surface area contributed by atoms with Gasteiger partial charge in [0.15, 0.2) is 4.80 Å². The highest BCUT2D eigenvalue weighted by atomic mass is 32.2.